The zero-order valence-corrected chi connectivity index (χ0v) is 15.3. The fraction of sp³-hybridized carbons (Fsp3) is 0.611. The van der Waals surface area contributed by atoms with E-state index in [0.717, 1.165) is 18.4 Å². The quantitative estimate of drug-likeness (QED) is 0.852. The molecule has 0 N–H and O–H groups in total. The van der Waals surface area contributed by atoms with Crippen LogP contribution < -0.4 is 0 Å². The number of likely N-dealkylation sites (tertiary alicyclic amines) is 1. The number of nitrogens with zero attached hydrogens (tertiary/aromatic N) is 1. The lowest BCUT2D eigenvalue weighted by molar-refractivity contribution is -0.129. The van der Waals surface area contributed by atoms with Gasteiger partial charge in [0.1, 0.15) is 5.75 Å². The van der Waals surface area contributed by atoms with Gasteiger partial charge in [-0.1, -0.05) is 39.8 Å². The number of carbonyl (C=O) groups is 1. The van der Waals surface area contributed by atoms with E-state index in [4.69, 9.17) is 0 Å². The Morgan fingerprint density at radius 1 is 1.13 bits per heavy atom. The Hall–Kier alpha value is -1.36. The molecule has 1 aromatic rings. The summed E-state index contributed by atoms with van der Waals surface area (Å²) < 4.78 is 24.9. The first kappa shape index (κ1) is 18.0. The SMILES string of the molecule is CC1CCN(C(=O)CS(=O)(=O)c2ccc(C(C)(C)C)cc2)CC1. The summed E-state index contributed by atoms with van der Waals surface area (Å²) in [5.74, 6) is -0.103. The predicted octanol–water partition coefficient (Wildman–Crippen LogP) is 3.02. The number of benzene rings is 1. The van der Waals surface area contributed by atoms with E-state index in [1.54, 1.807) is 17.0 Å². The molecule has 2 rings (SSSR count). The fourth-order valence-electron chi connectivity index (χ4n) is 2.76. The summed E-state index contributed by atoms with van der Waals surface area (Å²) in [6.07, 6.45) is 1.90. The second-order valence-electron chi connectivity index (χ2n) is 7.60. The third-order valence-corrected chi connectivity index (χ3v) is 6.15. The molecule has 128 valence electrons. The van der Waals surface area contributed by atoms with Crippen LogP contribution in [0.5, 0.6) is 0 Å². The first-order chi connectivity index (χ1) is 10.6. The highest BCUT2D eigenvalue weighted by atomic mass is 32.2. The summed E-state index contributed by atoms with van der Waals surface area (Å²) in [6.45, 7) is 9.73. The zero-order valence-electron chi connectivity index (χ0n) is 14.5. The van der Waals surface area contributed by atoms with Gasteiger partial charge in [-0.05, 0) is 41.9 Å². The smallest absolute Gasteiger partial charge is 0.238 e. The molecular weight excluding hydrogens is 310 g/mol. The number of sulfone groups is 1. The highest BCUT2D eigenvalue weighted by Gasteiger charge is 2.26. The van der Waals surface area contributed by atoms with E-state index in [9.17, 15) is 13.2 Å². The van der Waals surface area contributed by atoms with Crippen LogP contribution in [0, 0.1) is 5.92 Å². The van der Waals surface area contributed by atoms with Crippen LogP contribution in [0.4, 0.5) is 0 Å². The molecule has 0 spiro atoms. The number of rotatable bonds is 3. The molecule has 1 aromatic carbocycles. The number of carbonyl (C=O) groups excluding carboxylic acids is 1. The van der Waals surface area contributed by atoms with E-state index in [2.05, 4.69) is 27.7 Å². The van der Waals surface area contributed by atoms with Crippen LogP contribution in [0.1, 0.15) is 46.1 Å². The van der Waals surface area contributed by atoms with Crippen molar-refractivity contribution in [2.75, 3.05) is 18.8 Å². The maximum Gasteiger partial charge on any atom is 0.238 e. The van der Waals surface area contributed by atoms with Crippen LogP contribution in [-0.2, 0) is 20.0 Å². The van der Waals surface area contributed by atoms with E-state index >= 15 is 0 Å². The van der Waals surface area contributed by atoms with Gasteiger partial charge in [0, 0.05) is 13.1 Å². The van der Waals surface area contributed by atoms with Gasteiger partial charge in [-0.15, -0.1) is 0 Å². The Morgan fingerprint density at radius 3 is 2.13 bits per heavy atom. The molecule has 1 heterocycles. The minimum atomic E-state index is -3.58. The highest BCUT2D eigenvalue weighted by molar-refractivity contribution is 7.92. The Bertz CT molecular complexity index is 649. The van der Waals surface area contributed by atoms with Gasteiger partial charge in [-0.25, -0.2) is 8.42 Å². The summed E-state index contributed by atoms with van der Waals surface area (Å²) >= 11 is 0. The van der Waals surface area contributed by atoms with Crippen LogP contribution in [0.2, 0.25) is 0 Å². The van der Waals surface area contributed by atoms with Gasteiger partial charge in [-0.3, -0.25) is 4.79 Å². The van der Waals surface area contributed by atoms with Crippen molar-refractivity contribution < 1.29 is 13.2 Å². The second-order valence-corrected chi connectivity index (χ2v) is 9.59. The van der Waals surface area contributed by atoms with Crippen LogP contribution in [0.15, 0.2) is 29.2 Å². The van der Waals surface area contributed by atoms with E-state index < -0.39 is 15.6 Å². The zero-order chi connectivity index (χ0) is 17.3. The van der Waals surface area contributed by atoms with Crippen molar-refractivity contribution >= 4 is 15.7 Å². The molecule has 0 atom stereocenters. The first-order valence-corrected chi connectivity index (χ1v) is 9.86. The average molecular weight is 337 g/mol. The fourth-order valence-corrected chi connectivity index (χ4v) is 3.98. The van der Waals surface area contributed by atoms with Crippen LogP contribution in [-0.4, -0.2) is 38.1 Å². The van der Waals surface area contributed by atoms with Crippen molar-refractivity contribution in [3.63, 3.8) is 0 Å². The van der Waals surface area contributed by atoms with E-state index in [1.165, 1.54) is 0 Å². The number of hydrogen-bond donors (Lipinski definition) is 0. The molecule has 0 bridgehead atoms. The van der Waals surface area contributed by atoms with Crippen molar-refractivity contribution in [1.29, 1.82) is 0 Å². The number of hydrogen-bond acceptors (Lipinski definition) is 3. The maximum atomic E-state index is 12.5. The van der Waals surface area contributed by atoms with E-state index in [1.807, 2.05) is 12.1 Å². The molecule has 0 saturated carbocycles. The van der Waals surface area contributed by atoms with Crippen molar-refractivity contribution in [3.05, 3.63) is 29.8 Å². The Kier molecular flexibility index (Phi) is 5.19. The highest BCUT2D eigenvalue weighted by Crippen LogP contribution is 2.24. The third kappa shape index (κ3) is 4.56. The number of amides is 1. The number of piperidine rings is 1. The lowest BCUT2D eigenvalue weighted by Crippen LogP contribution is -2.41. The summed E-state index contributed by atoms with van der Waals surface area (Å²) in [5.41, 5.74) is 1.05. The van der Waals surface area contributed by atoms with Crippen molar-refractivity contribution in [2.45, 2.75) is 50.8 Å². The van der Waals surface area contributed by atoms with Gasteiger partial charge >= 0.3 is 0 Å². The molecule has 1 aliphatic rings. The summed E-state index contributed by atoms with van der Waals surface area (Å²) in [5, 5.41) is 0. The van der Waals surface area contributed by atoms with Gasteiger partial charge < -0.3 is 4.90 Å². The standard InChI is InChI=1S/C18H27NO3S/c1-14-9-11-19(12-10-14)17(20)13-23(21,22)16-7-5-15(6-8-16)18(2,3)4/h5-8,14H,9-13H2,1-4H3. The molecule has 0 aliphatic carbocycles. The van der Waals surface area contributed by atoms with Crippen LogP contribution >= 0.6 is 0 Å². The molecule has 5 heteroatoms. The van der Waals surface area contributed by atoms with Gasteiger partial charge in [0.05, 0.1) is 4.90 Å². The lowest BCUT2D eigenvalue weighted by Gasteiger charge is -2.30. The molecule has 1 aliphatic heterocycles. The molecule has 1 saturated heterocycles. The predicted molar refractivity (Wildman–Crippen MR) is 92.2 cm³/mol. The van der Waals surface area contributed by atoms with Crippen molar-refractivity contribution in [1.82, 2.24) is 4.90 Å². The Labute approximate surface area is 139 Å². The normalized spacial score (nSPS) is 17.3. The minimum Gasteiger partial charge on any atom is -0.342 e. The van der Waals surface area contributed by atoms with Crippen LogP contribution in [0.25, 0.3) is 0 Å². The van der Waals surface area contributed by atoms with Gasteiger partial charge in [-0.2, -0.15) is 0 Å². The largest absolute Gasteiger partial charge is 0.342 e. The third-order valence-electron chi connectivity index (χ3n) is 4.53. The first-order valence-electron chi connectivity index (χ1n) is 8.21. The van der Waals surface area contributed by atoms with E-state index in [0.29, 0.717) is 19.0 Å². The molecule has 4 nitrogen and oxygen atoms in total. The summed E-state index contributed by atoms with van der Waals surface area (Å²) in [7, 11) is -3.58. The molecule has 0 aromatic heterocycles. The average Bonchev–Trinajstić information content (AvgIpc) is 2.46. The monoisotopic (exact) mass is 337 g/mol. The maximum absolute atomic E-state index is 12.5. The Morgan fingerprint density at radius 2 is 1.65 bits per heavy atom. The topological polar surface area (TPSA) is 54.5 Å². The molecule has 1 fully saturated rings. The molecule has 1 amide bonds. The Balaban J connectivity index is 2.08. The van der Waals surface area contributed by atoms with E-state index in [-0.39, 0.29) is 16.2 Å². The lowest BCUT2D eigenvalue weighted by atomic mass is 9.87. The van der Waals surface area contributed by atoms with Crippen molar-refractivity contribution in [2.24, 2.45) is 5.92 Å². The minimum absolute atomic E-state index is 0.0252. The summed E-state index contributed by atoms with van der Waals surface area (Å²) in [4.78, 5) is 14.2. The molecule has 0 unspecified atom stereocenters. The molecular formula is C18H27NO3S. The summed E-state index contributed by atoms with van der Waals surface area (Å²) in [6, 6.07) is 6.89. The van der Waals surface area contributed by atoms with Crippen molar-refractivity contribution in [3.8, 4) is 0 Å². The van der Waals surface area contributed by atoms with Gasteiger partial charge in [0.2, 0.25) is 5.91 Å². The van der Waals surface area contributed by atoms with Gasteiger partial charge in [0.25, 0.3) is 0 Å². The van der Waals surface area contributed by atoms with Gasteiger partial charge in [0.15, 0.2) is 9.84 Å². The second kappa shape index (κ2) is 6.63. The van der Waals surface area contributed by atoms with Crippen LogP contribution in [0.3, 0.4) is 0 Å². The molecule has 23 heavy (non-hydrogen) atoms. The molecule has 0 radical (unpaired) electrons.